The molecule has 1 amide bonds. The predicted molar refractivity (Wildman–Crippen MR) is 111 cm³/mol. The summed E-state index contributed by atoms with van der Waals surface area (Å²) in [6.45, 7) is 2.01. The Morgan fingerprint density at radius 1 is 1.11 bits per heavy atom. The number of hydrogen-bond donors (Lipinski definition) is 2. The lowest BCUT2D eigenvalue weighted by atomic mass is 9.91. The molecule has 0 radical (unpaired) electrons. The monoisotopic (exact) mass is 383 g/mol. The maximum Gasteiger partial charge on any atom is 0.251 e. The molecule has 1 saturated carbocycles. The van der Waals surface area contributed by atoms with E-state index in [0.717, 1.165) is 42.8 Å². The maximum atomic E-state index is 12.4. The first-order chi connectivity index (χ1) is 13.5. The van der Waals surface area contributed by atoms with Gasteiger partial charge in [0.2, 0.25) is 5.95 Å². The molecule has 0 spiro atoms. The van der Waals surface area contributed by atoms with Gasteiger partial charge in [0, 0.05) is 43.5 Å². The molecule has 1 heterocycles. The first-order valence-corrected chi connectivity index (χ1v) is 9.68. The number of benzene rings is 1. The summed E-state index contributed by atoms with van der Waals surface area (Å²) in [6, 6.07) is 7.71. The lowest BCUT2D eigenvalue weighted by molar-refractivity contribution is 0.0926. The van der Waals surface area contributed by atoms with E-state index < -0.39 is 0 Å². The van der Waals surface area contributed by atoms with Crippen molar-refractivity contribution in [3.63, 3.8) is 0 Å². The Morgan fingerprint density at radius 2 is 1.75 bits per heavy atom. The van der Waals surface area contributed by atoms with Crippen molar-refractivity contribution in [2.24, 2.45) is 0 Å². The summed E-state index contributed by atoms with van der Waals surface area (Å²) < 4.78 is 5.13. The average molecular weight is 383 g/mol. The minimum Gasteiger partial charge on any atom is -0.497 e. The number of aromatic nitrogens is 2. The number of ether oxygens (including phenoxy) is 1. The Hall–Kier alpha value is -2.83. The molecule has 2 aromatic rings. The summed E-state index contributed by atoms with van der Waals surface area (Å²) in [5.74, 6) is 2.31. The van der Waals surface area contributed by atoms with E-state index in [2.05, 4.69) is 20.6 Å². The first-order valence-electron chi connectivity index (χ1n) is 9.68. The minimum atomic E-state index is -0.0310. The molecular weight excluding hydrogens is 354 g/mol. The van der Waals surface area contributed by atoms with Gasteiger partial charge in [-0.1, -0.05) is 0 Å². The molecule has 0 unspecified atom stereocenters. The van der Waals surface area contributed by atoms with E-state index in [9.17, 15) is 4.79 Å². The number of hydrogen-bond acceptors (Lipinski definition) is 6. The van der Waals surface area contributed by atoms with E-state index in [4.69, 9.17) is 4.74 Å². The lowest BCUT2D eigenvalue weighted by Crippen LogP contribution is -2.40. The Balaban J connectivity index is 1.50. The van der Waals surface area contributed by atoms with Gasteiger partial charge in [-0.15, -0.1) is 0 Å². The van der Waals surface area contributed by atoms with Crippen molar-refractivity contribution in [2.75, 3.05) is 31.4 Å². The highest BCUT2D eigenvalue weighted by Gasteiger charge is 2.23. The van der Waals surface area contributed by atoms with E-state index >= 15 is 0 Å². The Labute approximate surface area is 166 Å². The van der Waals surface area contributed by atoms with Crippen LogP contribution in [0.3, 0.4) is 0 Å². The number of methoxy groups -OCH3 is 1. The SMILES string of the molecule is COc1ccc(C(=O)N[C@H]2CC[C@@H](Nc3ncc(C)c(N(C)C)n3)CC2)cc1. The van der Waals surface area contributed by atoms with E-state index in [1.54, 1.807) is 31.4 Å². The Kier molecular flexibility index (Phi) is 6.34. The summed E-state index contributed by atoms with van der Waals surface area (Å²) in [5.41, 5.74) is 1.71. The standard InChI is InChI=1S/C21H29N5O2/c1-14-13-22-21(25-19(14)26(2)3)24-17-9-7-16(8-10-17)23-20(27)15-5-11-18(28-4)12-6-15/h5-6,11-13,16-17H,7-10H2,1-4H3,(H,23,27)(H,22,24,25)/t16-,17+. The third-order valence-electron chi connectivity index (χ3n) is 5.12. The van der Waals surface area contributed by atoms with Crippen LogP contribution >= 0.6 is 0 Å². The van der Waals surface area contributed by atoms with Gasteiger partial charge in [-0.3, -0.25) is 4.79 Å². The molecule has 1 aromatic heterocycles. The summed E-state index contributed by atoms with van der Waals surface area (Å²) >= 11 is 0. The first kappa shape index (κ1) is 19.9. The maximum absolute atomic E-state index is 12.4. The van der Waals surface area contributed by atoms with Crippen molar-refractivity contribution in [3.05, 3.63) is 41.6 Å². The molecule has 28 heavy (non-hydrogen) atoms. The van der Waals surface area contributed by atoms with E-state index in [1.807, 2.05) is 32.1 Å². The fourth-order valence-electron chi connectivity index (χ4n) is 3.53. The molecule has 0 aliphatic heterocycles. The van der Waals surface area contributed by atoms with E-state index in [-0.39, 0.29) is 11.9 Å². The largest absolute Gasteiger partial charge is 0.497 e. The van der Waals surface area contributed by atoms with Crippen LogP contribution in [0, 0.1) is 6.92 Å². The van der Waals surface area contributed by atoms with E-state index in [0.29, 0.717) is 17.6 Å². The van der Waals surface area contributed by atoms with Crippen molar-refractivity contribution in [2.45, 2.75) is 44.7 Å². The molecule has 7 nitrogen and oxygen atoms in total. The van der Waals surface area contributed by atoms with Crippen LogP contribution in [0.5, 0.6) is 5.75 Å². The molecule has 0 bridgehead atoms. The third kappa shape index (κ3) is 4.91. The molecular formula is C21H29N5O2. The molecule has 1 fully saturated rings. The van der Waals surface area contributed by atoms with Crippen LogP contribution in [0.15, 0.2) is 30.5 Å². The van der Waals surface area contributed by atoms with Gasteiger partial charge in [-0.05, 0) is 56.9 Å². The van der Waals surface area contributed by atoms with Crippen molar-refractivity contribution < 1.29 is 9.53 Å². The minimum absolute atomic E-state index is 0.0310. The molecule has 1 aliphatic rings. The van der Waals surface area contributed by atoms with Crippen molar-refractivity contribution in [1.29, 1.82) is 0 Å². The number of carbonyl (C=O) groups excluding carboxylic acids is 1. The second-order valence-corrected chi connectivity index (χ2v) is 7.49. The van der Waals surface area contributed by atoms with Crippen LogP contribution < -0.4 is 20.3 Å². The zero-order chi connectivity index (χ0) is 20.1. The summed E-state index contributed by atoms with van der Waals surface area (Å²) in [5, 5.41) is 6.59. The van der Waals surface area contributed by atoms with Crippen LogP contribution in [0.1, 0.15) is 41.6 Å². The van der Waals surface area contributed by atoms with Crippen LogP contribution in [-0.4, -0.2) is 49.2 Å². The zero-order valence-corrected chi connectivity index (χ0v) is 17.0. The Morgan fingerprint density at radius 3 is 2.36 bits per heavy atom. The van der Waals surface area contributed by atoms with Gasteiger partial charge in [0.05, 0.1) is 7.11 Å². The molecule has 150 valence electrons. The number of aryl methyl sites for hydroxylation is 1. The fraction of sp³-hybridized carbons (Fsp3) is 0.476. The highest BCUT2D eigenvalue weighted by Crippen LogP contribution is 2.23. The Bertz CT molecular complexity index is 799. The summed E-state index contributed by atoms with van der Waals surface area (Å²) in [7, 11) is 5.58. The molecule has 1 aliphatic carbocycles. The van der Waals surface area contributed by atoms with Gasteiger partial charge < -0.3 is 20.3 Å². The fourth-order valence-corrected chi connectivity index (χ4v) is 3.53. The van der Waals surface area contributed by atoms with Crippen LogP contribution in [0.4, 0.5) is 11.8 Å². The quantitative estimate of drug-likeness (QED) is 0.798. The van der Waals surface area contributed by atoms with Crippen LogP contribution in [0.25, 0.3) is 0 Å². The van der Waals surface area contributed by atoms with Gasteiger partial charge in [-0.25, -0.2) is 4.98 Å². The highest BCUT2D eigenvalue weighted by atomic mass is 16.5. The second kappa shape index (κ2) is 8.91. The zero-order valence-electron chi connectivity index (χ0n) is 17.0. The number of anilines is 2. The van der Waals surface area contributed by atoms with Crippen molar-refractivity contribution in [3.8, 4) is 5.75 Å². The van der Waals surface area contributed by atoms with E-state index in [1.165, 1.54) is 0 Å². The molecule has 2 N–H and O–H groups in total. The van der Waals surface area contributed by atoms with Gasteiger partial charge in [0.25, 0.3) is 5.91 Å². The lowest BCUT2D eigenvalue weighted by Gasteiger charge is -2.30. The van der Waals surface area contributed by atoms with Crippen LogP contribution in [-0.2, 0) is 0 Å². The number of amides is 1. The molecule has 0 atom stereocenters. The van der Waals surface area contributed by atoms with Gasteiger partial charge in [-0.2, -0.15) is 4.98 Å². The predicted octanol–water partition coefficient (Wildman–Crippen LogP) is 3.01. The third-order valence-corrected chi connectivity index (χ3v) is 5.12. The molecule has 3 rings (SSSR count). The number of carbonyl (C=O) groups is 1. The van der Waals surface area contributed by atoms with Crippen molar-refractivity contribution >= 4 is 17.7 Å². The topological polar surface area (TPSA) is 79.4 Å². The number of rotatable bonds is 6. The molecule has 0 saturated heterocycles. The number of nitrogens with zero attached hydrogens (tertiary/aromatic N) is 3. The molecule has 7 heteroatoms. The smallest absolute Gasteiger partial charge is 0.251 e. The summed E-state index contributed by atoms with van der Waals surface area (Å²) in [4.78, 5) is 23.4. The average Bonchev–Trinajstić information content (AvgIpc) is 2.70. The van der Waals surface area contributed by atoms with Gasteiger partial charge in [0.15, 0.2) is 0 Å². The highest BCUT2D eigenvalue weighted by molar-refractivity contribution is 5.94. The van der Waals surface area contributed by atoms with Crippen LogP contribution in [0.2, 0.25) is 0 Å². The number of nitrogens with one attached hydrogen (secondary N) is 2. The van der Waals surface area contributed by atoms with Crippen molar-refractivity contribution in [1.82, 2.24) is 15.3 Å². The summed E-state index contributed by atoms with van der Waals surface area (Å²) in [6.07, 6.45) is 5.67. The normalized spacial score (nSPS) is 19.0. The van der Waals surface area contributed by atoms with Gasteiger partial charge >= 0.3 is 0 Å². The second-order valence-electron chi connectivity index (χ2n) is 7.49. The van der Waals surface area contributed by atoms with Gasteiger partial charge in [0.1, 0.15) is 11.6 Å². The molecule has 1 aromatic carbocycles.